The Hall–Kier alpha value is -2.15. The number of pyridine rings is 1. The fraction of sp³-hybridized carbons (Fsp3) is 0.478. The molecule has 0 bridgehead atoms. The van der Waals surface area contributed by atoms with Gasteiger partial charge in [-0.3, -0.25) is 4.79 Å². The number of benzene rings is 1. The van der Waals surface area contributed by atoms with Crippen molar-refractivity contribution in [1.29, 1.82) is 0 Å². The highest BCUT2D eigenvalue weighted by Crippen LogP contribution is 2.31. The standard InChI is InChI=1S/C23H29ClN4O2/c24-21-15-27-22(28-23(29)17-6-4-9-25-13-17)12-20(21)16-5-3-7-18(11-16)26-14-19-8-1-2-10-30-19/h3,5,7,11-12,15,17,19,25-26H,1-2,4,6,8-10,13-14H2,(H,27,28,29)/t17-,19?/m1/s1. The summed E-state index contributed by atoms with van der Waals surface area (Å²) in [6, 6.07) is 9.98. The fourth-order valence-electron chi connectivity index (χ4n) is 4.03. The number of aromatic nitrogens is 1. The number of carbonyl (C=O) groups excluding carboxylic acids is 1. The molecule has 2 aliphatic heterocycles. The topological polar surface area (TPSA) is 75.3 Å². The van der Waals surface area contributed by atoms with E-state index in [9.17, 15) is 4.79 Å². The molecule has 2 atom stereocenters. The van der Waals surface area contributed by atoms with E-state index in [4.69, 9.17) is 16.3 Å². The number of anilines is 2. The summed E-state index contributed by atoms with van der Waals surface area (Å²) < 4.78 is 5.80. The Morgan fingerprint density at radius 3 is 2.97 bits per heavy atom. The van der Waals surface area contributed by atoms with Crippen molar-refractivity contribution in [2.45, 2.75) is 38.2 Å². The summed E-state index contributed by atoms with van der Waals surface area (Å²) in [5.41, 5.74) is 2.85. The number of ether oxygens (including phenoxy) is 1. The Bertz CT molecular complexity index is 864. The van der Waals surface area contributed by atoms with Crippen molar-refractivity contribution >= 4 is 29.0 Å². The van der Waals surface area contributed by atoms with Crippen LogP contribution in [-0.4, -0.2) is 43.2 Å². The van der Waals surface area contributed by atoms with Gasteiger partial charge in [0.05, 0.1) is 17.0 Å². The molecule has 7 heteroatoms. The van der Waals surface area contributed by atoms with Crippen molar-refractivity contribution in [3.63, 3.8) is 0 Å². The molecule has 2 fully saturated rings. The molecule has 0 spiro atoms. The lowest BCUT2D eigenvalue weighted by Gasteiger charge is -2.23. The SMILES string of the molecule is O=C(Nc1cc(-c2cccc(NCC3CCCCO3)c2)c(Cl)cn1)[C@@H]1CCCNC1. The summed E-state index contributed by atoms with van der Waals surface area (Å²) in [5, 5.41) is 10.3. The summed E-state index contributed by atoms with van der Waals surface area (Å²) in [7, 11) is 0. The number of rotatable bonds is 6. The van der Waals surface area contributed by atoms with Crippen molar-refractivity contribution in [2.75, 3.05) is 36.9 Å². The lowest BCUT2D eigenvalue weighted by Crippen LogP contribution is -2.37. The zero-order valence-corrected chi connectivity index (χ0v) is 17.9. The summed E-state index contributed by atoms with van der Waals surface area (Å²) in [4.78, 5) is 16.8. The summed E-state index contributed by atoms with van der Waals surface area (Å²) >= 11 is 6.44. The molecule has 4 rings (SSSR count). The summed E-state index contributed by atoms with van der Waals surface area (Å²) in [6.45, 7) is 3.34. The van der Waals surface area contributed by atoms with Gasteiger partial charge in [0.2, 0.25) is 5.91 Å². The highest BCUT2D eigenvalue weighted by Gasteiger charge is 2.21. The van der Waals surface area contributed by atoms with Crippen molar-refractivity contribution in [2.24, 2.45) is 5.92 Å². The molecule has 2 aromatic rings. The maximum atomic E-state index is 12.5. The third-order valence-corrected chi connectivity index (χ3v) is 6.06. The Balaban J connectivity index is 1.45. The second kappa shape index (κ2) is 10.2. The number of nitrogens with one attached hydrogen (secondary N) is 3. The van der Waals surface area contributed by atoms with Gasteiger partial charge < -0.3 is 20.7 Å². The van der Waals surface area contributed by atoms with Gasteiger partial charge in [-0.15, -0.1) is 0 Å². The largest absolute Gasteiger partial charge is 0.382 e. The maximum Gasteiger partial charge on any atom is 0.229 e. The number of amides is 1. The number of halogens is 1. The first-order valence-electron chi connectivity index (χ1n) is 10.8. The number of piperidine rings is 1. The van der Waals surface area contributed by atoms with Gasteiger partial charge in [-0.05, 0) is 62.4 Å². The normalized spacial score (nSPS) is 21.8. The highest BCUT2D eigenvalue weighted by atomic mass is 35.5. The van der Waals surface area contributed by atoms with Crippen molar-refractivity contribution in [1.82, 2.24) is 10.3 Å². The molecule has 1 aromatic heterocycles. The lowest BCUT2D eigenvalue weighted by molar-refractivity contribution is -0.120. The Morgan fingerprint density at radius 1 is 1.23 bits per heavy atom. The summed E-state index contributed by atoms with van der Waals surface area (Å²) in [5.74, 6) is 0.513. The van der Waals surface area contributed by atoms with Gasteiger partial charge in [0.15, 0.2) is 0 Å². The molecule has 2 saturated heterocycles. The van der Waals surface area contributed by atoms with Crippen LogP contribution >= 0.6 is 11.6 Å². The molecule has 30 heavy (non-hydrogen) atoms. The maximum absolute atomic E-state index is 12.5. The molecule has 2 aliphatic rings. The molecule has 0 radical (unpaired) electrons. The van der Waals surface area contributed by atoms with E-state index >= 15 is 0 Å². The van der Waals surface area contributed by atoms with Crippen LogP contribution < -0.4 is 16.0 Å². The van der Waals surface area contributed by atoms with E-state index in [0.29, 0.717) is 17.4 Å². The van der Waals surface area contributed by atoms with Gasteiger partial charge in [0, 0.05) is 37.1 Å². The minimum atomic E-state index is -0.0192. The Kier molecular flexibility index (Phi) is 7.20. The van der Waals surface area contributed by atoms with Gasteiger partial charge >= 0.3 is 0 Å². The zero-order valence-electron chi connectivity index (χ0n) is 17.1. The summed E-state index contributed by atoms with van der Waals surface area (Å²) in [6.07, 6.45) is 7.26. The van der Waals surface area contributed by atoms with Crippen LogP contribution in [0.1, 0.15) is 32.1 Å². The molecular weight excluding hydrogens is 400 g/mol. The van der Waals surface area contributed by atoms with Crippen LogP contribution in [0.2, 0.25) is 5.02 Å². The average molecular weight is 429 g/mol. The fourth-order valence-corrected chi connectivity index (χ4v) is 4.24. The second-order valence-electron chi connectivity index (χ2n) is 8.03. The van der Waals surface area contributed by atoms with Crippen LogP contribution in [0.15, 0.2) is 36.5 Å². The predicted octanol–water partition coefficient (Wildman–Crippen LogP) is 4.32. The number of nitrogens with zero attached hydrogens (tertiary/aromatic N) is 1. The zero-order chi connectivity index (χ0) is 20.8. The minimum absolute atomic E-state index is 0.00544. The molecule has 3 heterocycles. The molecule has 160 valence electrons. The number of hydrogen-bond donors (Lipinski definition) is 3. The van der Waals surface area contributed by atoms with E-state index < -0.39 is 0 Å². The highest BCUT2D eigenvalue weighted by molar-refractivity contribution is 6.33. The van der Waals surface area contributed by atoms with Crippen LogP contribution in [0, 0.1) is 5.92 Å². The predicted molar refractivity (Wildman–Crippen MR) is 121 cm³/mol. The Labute approximate surface area is 182 Å². The molecule has 6 nitrogen and oxygen atoms in total. The molecule has 1 unspecified atom stereocenters. The molecule has 3 N–H and O–H groups in total. The first kappa shape index (κ1) is 21.1. The van der Waals surface area contributed by atoms with Gasteiger partial charge in [0.25, 0.3) is 0 Å². The number of hydrogen-bond acceptors (Lipinski definition) is 5. The van der Waals surface area contributed by atoms with E-state index in [1.807, 2.05) is 24.3 Å². The Morgan fingerprint density at radius 2 is 2.17 bits per heavy atom. The van der Waals surface area contributed by atoms with E-state index in [-0.39, 0.29) is 17.9 Å². The van der Waals surface area contributed by atoms with Crippen LogP contribution in [0.4, 0.5) is 11.5 Å². The molecule has 1 amide bonds. The average Bonchev–Trinajstić information content (AvgIpc) is 2.80. The van der Waals surface area contributed by atoms with E-state index in [1.165, 1.54) is 6.42 Å². The number of carbonyl (C=O) groups is 1. The van der Waals surface area contributed by atoms with Crippen molar-refractivity contribution in [3.05, 3.63) is 41.6 Å². The second-order valence-corrected chi connectivity index (χ2v) is 8.44. The van der Waals surface area contributed by atoms with E-state index in [2.05, 4.69) is 27.0 Å². The van der Waals surface area contributed by atoms with Crippen LogP contribution in [0.3, 0.4) is 0 Å². The van der Waals surface area contributed by atoms with E-state index in [0.717, 1.165) is 62.2 Å². The molecular formula is C23H29ClN4O2. The first-order chi connectivity index (χ1) is 14.7. The van der Waals surface area contributed by atoms with Crippen LogP contribution in [0.5, 0.6) is 0 Å². The third kappa shape index (κ3) is 5.50. The van der Waals surface area contributed by atoms with Crippen LogP contribution in [-0.2, 0) is 9.53 Å². The minimum Gasteiger partial charge on any atom is -0.382 e. The van der Waals surface area contributed by atoms with Gasteiger partial charge in [-0.25, -0.2) is 4.98 Å². The quantitative estimate of drug-likeness (QED) is 0.638. The molecule has 0 aliphatic carbocycles. The van der Waals surface area contributed by atoms with Gasteiger partial charge in [-0.2, -0.15) is 0 Å². The van der Waals surface area contributed by atoms with Crippen molar-refractivity contribution < 1.29 is 9.53 Å². The van der Waals surface area contributed by atoms with Gasteiger partial charge in [-0.1, -0.05) is 23.7 Å². The third-order valence-electron chi connectivity index (χ3n) is 5.76. The van der Waals surface area contributed by atoms with E-state index in [1.54, 1.807) is 6.20 Å². The van der Waals surface area contributed by atoms with Gasteiger partial charge in [0.1, 0.15) is 5.82 Å². The van der Waals surface area contributed by atoms with Crippen LogP contribution in [0.25, 0.3) is 11.1 Å². The first-order valence-corrected chi connectivity index (χ1v) is 11.2. The lowest BCUT2D eigenvalue weighted by atomic mass is 9.99. The molecule has 1 aromatic carbocycles. The molecule has 0 saturated carbocycles. The van der Waals surface area contributed by atoms with Crippen molar-refractivity contribution in [3.8, 4) is 11.1 Å². The monoisotopic (exact) mass is 428 g/mol. The smallest absolute Gasteiger partial charge is 0.229 e.